The molecule has 172 valence electrons. The highest BCUT2D eigenvalue weighted by Crippen LogP contribution is 2.47. The molecule has 0 bridgehead atoms. The number of piperidine rings is 1. The molecule has 4 aromatic rings. The van der Waals surface area contributed by atoms with E-state index in [1.165, 1.54) is 0 Å². The number of rotatable bonds is 4. The average Bonchev–Trinajstić information content (AvgIpc) is 3.32. The summed E-state index contributed by atoms with van der Waals surface area (Å²) in [6.07, 6.45) is 7.33. The largest absolute Gasteiger partial charge is 0.350 e. The molecule has 1 N–H and O–H groups in total. The molecule has 0 amide bonds. The van der Waals surface area contributed by atoms with E-state index in [0.29, 0.717) is 23.5 Å². The van der Waals surface area contributed by atoms with Crippen LogP contribution >= 0.6 is 0 Å². The van der Waals surface area contributed by atoms with E-state index < -0.39 is 5.92 Å². The topological polar surface area (TPSA) is 76.2 Å². The highest BCUT2D eigenvalue weighted by molar-refractivity contribution is 5.85. The van der Waals surface area contributed by atoms with Gasteiger partial charge in [-0.15, -0.1) is 5.10 Å². The molecule has 8 nitrogen and oxygen atoms in total. The molecule has 5 heterocycles. The summed E-state index contributed by atoms with van der Waals surface area (Å²) < 4.78 is 30.7. The Morgan fingerprint density at radius 2 is 1.88 bits per heavy atom. The van der Waals surface area contributed by atoms with Crippen LogP contribution in [0.15, 0.2) is 30.7 Å². The summed E-state index contributed by atoms with van der Waals surface area (Å²) in [7, 11) is 2.14. The Hall–Kier alpha value is -3.14. The number of hydrogen-bond acceptors (Lipinski definition) is 6. The number of alkyl halides is 2. The maximum atomic E-state index is 13.5. The number of halogens is 2. The second kappa shape index (κ2) is 7.44. The zero-order chi connectivity index (χ0) is 22.7. The predicted octanol–water partition coefficient (Wildman–Crippen LogP) is 3.93. The molecule has 0 aromatic carbocycles. The third-order valence-corrected chi connectivity index (χ3v) is 6.94. The number of likely N-dealkylation sites (tertiary alicyclic amines) is 1. The molecule has 0 atom stereocenters. The fourth-order valence-corrected chi connectivity index (χ4v) is 5.06. The summed E-state index contributed by atoms with van der Waals surface area (Å²) >= 11 is 0. The molecule has 0 spiro atoms. The maximum Gasteiger partial charge on any atom is 0.252 e. The second-order valence-corrected chi connectivity index (χ2v) is 9.38. The van der Waals surface area contributed by atoms with Crippen LogP contribution in [-0.4, -0.2) is 66.1 Å². The molecule has 1 saturated heterocycles. The zero-order valence-corrected chi connectivity index (χ0v) is 18.7. The van der Waals surface area contributed by atoms with Gasteiger partial charge in [-0.25, -0.2) is 28.2 Å². The van der Waals surface area contributed by atoms with Crippen LogP contribution in [0.2, 0.25) is 0 Å². The Morgan fingerprint density at radius 3 is 2.64 bits per heavy atom. The number of fused-ring (bicyclic) bond motifs is 2. The first-order chi connectivity index (χ1) is 15.9. The van der Waals surface area contributed by atoms with Crippen molar-refractivity contribution in [3.05, 3.63) is 36.5 Å². The van der Waals surface area contributed by atoms with E-state index in [9.17, 15) is 8.78 Å². The van der Waals surface area contributed by atoms with Gasteiger partial charge < -0.3 is 14.8 Å². The van der Waals surface area contributed by atoms with Crippen molar-refractivity contribution < 1.29 is 8.78 Å². The van der Waals surface area contributed by atoms with Gasteiger partial charge in [-0.1, -0.05) is 0 Å². The monoisotopic (exact) mass is 452 g/mol. The number of anilines is 1. The third-order valence-electron chi connectivity index (χ3n) is 6.94. The molecule has 1 aliphatic carbocycles. The van der Waals surface area contributed by atoms with Gasteiger partial charge in [0, 0.05) is 48.4 Å². The van der Waals surface area contributed by atoms with Crippen LogP contribution in [0.3, 0.4) is 0 Å². The van der Waals surface area contributed by atoms with Crippen LogP contribution in [0.25, 0.3) is 27.8 Å². The van der Waals surface area contributed by atoms with Crippen molar-refractivity contribution in [1.29, 1.82) is 0 Å². The molecule has 0 radical (unpaired) electrons. The van der Waals surface area contributed by atoms with Gasteiger partial charge in [0.1, 0.15) is 5.82 Å². The van der Waals surface area contributed by atoms with Crippen LogP contribution in [-0.2, 0) is 0 Å². The van der Waals surface area contributed by atoms with E-state index >= 15 is 0 Å². The second-order valence-electron chi connectivity index (χ2n) is 9.38. The smallest absolute Gasteiger partial charge is 0.252 e. The van der Waals surface area contributed by atoms with Crippen molar-refractivity contribution in [1.82, 2.24) is 34.0 Å². The molecular weight excluding hydrogens is 426 g/mol. The molecule has 0 unspecified atom stereocenters. The van der Waals surface area contributed by atoms with Crippen LogP contribution in [0.4, 0.5) is 14.7 Å². The molecule has 1 saturated carbocycles. The molecular formula is C23H26F2N8. The van der Waals surface area contributed by atoms with Crippen molar-refractivity contribution >= 4 is 22.6 Å². The summed E-state index contributed by atoms with van der Waals surface area (Å²) in [6, 6.07) is 4.10. The van der Waals surface area contributed by atoms with Gasteiger partial charge in [0.2, 0.25) is 5.95 Å². The SMILES string of the molecule is Cc1nc2ncc(-c3ccn4nc(NC5CCN(C)CC5)ncc34)cc2n1C1CC(F)(F)C1. The average molecular weight is 453 g/mol. The van der Waals surface area contributed by atoms with Gasteiger partial charge in [-0.05, 0) is 52.0 Å². The lowest BCUT2D eigenvalue weighted by Crippen LogP contribution is -2.37. The van der Waals surface area contributed by atoms with Crippen molar-refractivity contribution in [3.8, 4) is 11.1 Å². The van der Waals surface area contributed by atoms with Gasteiger partial charge in [0.25, 0.3) is 5.92 Å². The Bertz CT molecular complexity index is 1330. The minimum absolute atomic E-state index is 0.153. The van der Waals surface area contributed by atoms with E-state index in [0.717, 1.165) is 48.1 Å². The molecule has 2 fully saturated rings. The Labute approximate surface area is 189 Å². The number of nitrogens with one attached hydrogen (secondary N) is 1. The highest BCUT2D eigenvalue weighted by Gasteiger charge is 2.47. The van der Waals surface area contributed by atoms with Crippen molar-refractivity contribution in [2.45, 2.75) is 50.6 Å². The van der Waals surface area contributed by atoms with E-state index in [2.05, 4.69) is 37.3 Å². The minimum atomic E-state index is -2.59. The van der Waals surface area contributed by atoms with E-state index in [1.54, 1.807) is 6.20 Å². The lowest BCUT2D eigenvalue weighted by molar-refractivity contribution is -0.103. The molecule has 1 aliphatic heterocycles. The summed E-state index contributed by atoms with van der Waals surface area (Å²) in [4.78, 5) is 15.9. The third kappa shape index (κ3) is 3.62. The number of imidazole rings is 1. The molecule has 10 heteroatoms. The standard InChI is InChI=1S/C23H26F2N8/c1-14-28-21-19(33(14)17-10-23(24,25)11-17)9-15(12-26-21)18-5-8-32-20(18)13-27-22(30-32)29-16-3-6-31(2)7-4-16/h5,8-9,12-13,16-17H,3-4,6-7,10-11H2,1-2H3,(H,29,30). The minimum Gasteiger partial charge on any atom is -0.350 e. The number of hydrogen-bond donors (Lipinski definition) is 1. The van der Waals surface area contributed by atoms with Gasteiger partial charge >= 0.3 is 0 Å². The Kier molecular flexibility index (Phi) is 4.62. The number of aryl methyl sites for hydroxylation is 1. The van der Waals surface area contributed by atoms with E-state index in [1.807, 2.05) is 40.5 Å². The summed E-state index contributed by atoms with van der Waals surface area (Å²) in [5.74, 6) is -1.26. The molecule has 6 rings (SSSR count). The number of nitrogens with zero attached hydrogens (tertiary/aromatic N) is 7. The fraction of sp³-hybridized carbons (Fsp3) is 0.478. The predicted molar refractivity (Wildman–Crippen MR) is 122 cm³/mol. The summed E-state index contributed by atoms with van der Waals surface area (Å²) in [6.45, 7) is 3.98. The van der Waals surface area contributed by atoms with Crippen molar-refractivity contribution in [3.63, 3.8) is 0 Å². The first-order valence-corrected chi connectivity index (χ1v) is 11.4. The first-order valence-electron chi connectivity index (χ1n) is 11.4. The van der Waals surface area contributed by atoms with Gasteiger partial charge in [-0.2, -0.15) is 0 Å². The quantitative estimate of drug-likeness (QED) is 0.506. The lowest BCUT2D eigenvalue weighted by Gasteiger charge is -2.36. The Balaban J connectivity index is 1.31. The van der Waals surface area contributed by atoms with Crippen LogP contribution < -0.4 is 5.32 Å². The fourth-order valence-electron chi connectivity index (χ4n) is 5.06. The first kappa shape index (κ1) is 20.5. The Morgan fingerprint density at radius 1 is 1.09 bits per heavy atom. The molecule has 2 aliphatic rings. The van der Waals surface area contributed by atoms with Crippen LogP contribution in [0, 0.1) is 6.92 Å². The van der Waals surface area contributed by atoms with Gasteiger partial charge in [-0.3, -0.25) is 0 Å². The highest BCUT2D eigenvalue weighted by atomic mass is 19.3. The summed E-state index contributed by atoms with van der Waals surface area (Å²) in [5.41, 5.74) is 4.06. The molecule has 33 heavy (non-hydrogen) atoms. The zero-order valence-electron chi connectivity index (χ0n) is 18.7. The number of pyridine rings is 1. The van der Waals surface area contributed by atoms with Crippen LogP contribution in [0.1, 0.15) is 37.5 Å². The number of aromatic nitrogens is 6. The van der Waals surface area contributed by atoms with Gasteiger partial charge in [0.15, 0.2) is 5.65 Å². The van der Waals surface area contributed by atoms with Gasteiger partial charge in [0.05, 0.1) is 17.2 Å². The summed E-state index contributed by atoms with van der Waals surface area (Å²) in [5, 5.41) is 8.10. The lowest BCUT2D eigenvalue weighted by atomic mass is 9.87. The normalized spacial score (nSPS) is 19.9. The van der Waals surface area contributed by atoms with E-state index in [4.69, 9.17) is 0 Å². The molecule has 4 aromatic heterocycles. The van der Waals surface area contributed by atoms with Crippen LogP contribution in [0.5, 0.6) is 0 Å². The van der Waals surface area contributed by atoms with Crippen molar-refractivity contribution in [2.24, 2.45) is 0 Å². The van der Waals surface area contributed by atoms with E-state index in [-0.39, 0.29) is 18.9 Å². The maximum absolute atomic E-state index is 13.5. The van der Waals surface area contributed by atoms with Crippen molar-refractivity contribution in [2.75, 3.05) is 25.5 Å².